The van der Waals surface area contributed by atoms with E-state index in [9.17, 15) is 9.59 Å². The van der Waals surface area contributed by atoms with Gasteiger partial charge in [-0.1, -0.05) is 0 Å². The molecule has 1 saturated heterocycles. The zero-order chi connectivity index (χ0) is 15.5. The van der Waals surface area contributed by atoms with Crippen molar-refractivity contribution in [3.63, 3.8) is 0 Å². The fraction of sp³-hybridized carbons (Fsp3) is 0.500. The monoisotopic (exact) mass is 303 g/mol. The smallest absolute Gasteiger partial charge is 0.323 e. The molecule has 22 heavy (non-hydrogen) atoms. The van der Waals surface area contributed by atoms with E-state index in [2.05, 4.69) is 15.3 Å². The van der Waals surface area contributed by atoms with Crippen molar-refractivity contribution < 1.29 is 9.69 Å². The standard InChI is InChI=1S/C16H22N4O2/c1-11(20-8-4-2-3-5-9-20)15(21)17-12-6-7-13-14(10-12)19-16(22)18-13/h6-7,10-11H,2-5,8-9H2,1H3,(H,17,21)(H2,18,19,22)/p+1/t11-/m1/s1. The van der Waals surface area contributed by atoms with Crippen LogP contribution in [0.5, 0.6) is 0 Å². The summed E-state index contributed by atoms with van der Waals surface area (Å²) < 4.78 is 0. The second-order valence-electron chi connectivity index (χ2n) is 6.12. The Bertz CT molecular complexity index is 710. The van der Waals surface area contributed by atoms with E-state index in [1.165, 1.54) is 30.6 Å². The lowest BCUT2D eigenvalue weighted by molar-refractivity contribution is -0.913. The minimum absolute atomic E-state index is 0.0362. The number of anilines is 1. The topological polar surface area (TPSA) is 82.2 Å². The number of imidazole rings is 1. The van der Waals surface area contributed by atoms with Crippen LogP contribution < -0.4 is 15.9 Å². The van der Waals surface area contributed by atoms with Crippen molar-refractivity contribution in [1.82, 2.24) is 9.97 Å². The second kappa shape index (κ2) is 6.36. The van der Waals surface area contributed by atoms with Crippen LogP contribution in [0.1, 0.15) is 32.6 Å². The summed E-state index contributed by atoms with van der Waals surface area (Å²) >= 11 is 0. The zero-order valence-corrected chi connectivity index (χ0v) is 12.9. The molecule has 0 bridgehead atoms. The van der Waals surface area contributed by atoms with Crippen LogP contribution in [0.4, 0.5) is 5.69 Å². The van der Waals surface area contributed by atoms with Crippen LogP contribution in [0.15, 0.2) is 23.0 Å². The van der Waals surface area contributed by atoms with Gasteiger partial charge in [-0.15, -0.1) is 0 Å². The van der Waals surface area contributed by atoms with Gasteiger partial charge in [0.2, 0.25) is 0 Å². The number of likely N-dealkylation sites (tertiary alicyclic amines) is 1. The van der Waals surface area contributed by atoms with Crippen molar-refractivity contribution in [3.05, 3.63) is 28.7 Å². The van der Waals surface area contributed by atoms with Crippen LogP contribution in [0.25, 0.3) is 11.0 Å². The van der Waals surface area contributed by atoms with E-state index in [1.54, 1.807) is 12.1 Å². The Kier molecular flexibility index (Phi) is 4.29. The maximum Gasteiger partial charge on any atom is 0.323 e. The summed E-state index contributed by atoms with van der Waals surface area (Å²) in [6.45, 7) is 4.13. The first-order chi connectivity index (χ1) is 10.6. The lowest BCUT2D eigenvalue weighted by Gasteiger charge is -2.23. The molecule has 3 rings (SSSR count). The van der Waals surface area contributed by atoms with Crippen LogP contribution in [0.3, 0.4) is 0 Å². The average Bonchev–Trinajstić information content (AvgIpc) is 2.71. The summed E-state index contributed by atoms with van der Waals surface area (Å²) in [5, 5.41) is 2.97. The van der Waals surface area contributed by atoms with E-state index >= 15 is 0 Å². The van der Waals surface area contributed by atoms with Gasteiger partial charge in [0.25, 0.3) is 5.91 Å². The molecule has 1 fully saturated rings. The van der Waals surface area contributed by atoms with Crippen LogP contribution in [0, 0.1) is 0 Å². The highest BCUT2D eigenvalue weighted by molar-refractivity contribution is 5.95. The fourth-order valence-corrected chi connectivity index (χ4v) is 3.16. The Morgan fingerprint density at radius 2 is 1.82 bits per heavy atom. The number of aromatic nitrogens is 2. The van der Waals surface area contributed by atoms with Gasteiger partial charge in [-0.2, -0.15) is 0 Å². The van der Waals surface area contributed by atoms with E-state index in [-0.39, 0.29) is 17.6 Å². The van der Waals surface area contributed by atoms with Gasteiger partial charge >= 0.3 is 5.69 Å². The van der Waals surface area contributed by atoms with E-state index in [0.29, 0.717) is 11.2 Å². The molecule has 1 aliphatic heterocycles. The van der Waals surface area contributed by atoms with Crippen LogP contribution in [-0.4, -0.2) is 35.0 Å². The number of hydrogen-bond donors (Lipinski definition) is 4. The summed E-state index contributed by atoms with van der Waals surface area (Å²) in [6, 6.07) is 5.34. The van der Waals surface area contributed by atoms with Gasteiger partial charge < -0.3 is 20.2 Å². The first-order valence-corrected chi connectivity index (χ1v) is 8.01. The predicted molar refractivity (Wildman–Crippen MR) is 86.2 cm³/mol. The Labute approximate surface area is 128 Å². The third-order valence-corrected chi connectivity index (χ3v) is 4.53. The molecular weight excluding hydrogens is 280 g/mol. The van der Waals surface area contributed by atoms with Gasteiger partial charge in [0.05, 0.1) is 24.1 Å². The molecule has 0 unspecified atom stereocenters. The van der Waals surface area contributed by atoms with Crippen molar-refractivity contribution in [2.45, 2.75) is 38.6 Å². The number of hydrogen-bond acceptors (Lipinski definition) is 2. The van der Waals surface area contributed by atoms with Crippen molar-refractivity contribution in [2.24, 2.45) is 0 Å². The number of benzene rings is 1. The number of nitrogens with one attached hydrogen (secondary N) is 4. The first kappa shape index (κ1) is 14.8. The average molecular weight is 303 g/mol. The number of fused-ring (bicyclic) bond motifs is 1. The van der Waals surface area contributed by atoms with Crippen LogP contribution >= 0.6 is 0 Å². The van der Waals surface area contributed by atoms with Gasteiger partial charge in [-0.05, 0) is 50.8 Å². The molecule has 2 aromatic rings. The lowest BCUT2D eigenvalue weighted by atomic mass is 10.2. The third kappa shape index (κ3) is 3.22. The quantitative estimate of drug-likeness (QED) is 0.671. The summed E-state index contributed by atoms with van der Waals surface area (Å²) in [5.41, 5.74) is 1.93. The number of carbonyl (C=O) groups is 1. The third-order valence-electron chi connectivity index (χ3n) is 4.53. The molecule has 1 aliphatic rings. The minimum atomic E-state index is -0.235. The fourth-order valence-electron chi connectivity index (χ4n) is 3.16. The number of carbonyl (C=O) groups excluding carboxylic acids is 1. The number of H-pyrrole nitrogens is 2. The molecule has 0 aliphatic carbocycles. The summed E-state index contributed by atoms with van der Waals surface area (Å²) in [5.74, 6) is 0.0362. The Hall–Kier alpha value is -2.08. The van der Waals surface area contributed by atoms with Gasteiger partial charge in [-0.25, -0.2) is 4.79 Å². The second-order valence-corrected chi connectivity index (χ2v) is 6.12. The molecular formula is C16H23N4O2+. The normalized spacial score (nSPS) is 18.0. The highest BCUT2D eigenvalue weighted by atomic mass is 16.2. The molecule has 4 N–H and O–H groups in total. The molecule has 0 spiro atoms. The predicted octanol–water partition coefficient (Wildman–Crippen LogP) is 0.642. The zero-order valence-electron chi connectivity index (χ0n) is 12.9. The van der Waals surface area contributed by atoms with E-state index in [1.807, 2.05) is 13.0 Å². The first-order valence-electron chi connectivity index (χ1n) is 8.01. The molecule has 2 heterocycles. The lowest BCUT2D eigenvalue weighted by Crippen LogP contribution is -3.16. The van der Waals surface area contributed by atoms with Crippen LogP contribution in [0.2, 0.25) is 0 Å². The summed E-state index contributed by atoms with van der Waals surface area (Å²) in [6.07, 6.45) is 4.94. The molecule has 0 radical (unpaired) electrons. The highest BCUT2D eigenvalue weighted by Gasteiger charge is 2.25. The number of amides is 1. The van der Waals surface area contributed by atoms with Gasteiger partial charge in [-0.3, -0.25) is 4.79 Å². The highest BCUT2D eigenvalue weighted by Crippen LogP contribution is 2.14. The van der Waals surface area contributed by atoms with Crippen LogP contribution in [-0.2, 0) is 4.79 Å². The number of quaternary nitrogens is 1. The van der Waals surface area contributed by atoms with E-state index in [4.69, 9.17) is 0 Å². The maximum atomic E-state index is 12.5. The Balaban J connectivity index is 1.69. The largest absolute Gasteiger partial charge is 0.325 e. The van der Waals surface area contributed by atoms with Gasteiger partial charge in [0.15, 0.2) is 6.04 Å². The minimum Gasteiger partial charge on any atom is -0.325 e. The van der Waals surface area contributed by atoms with Crippen molar-refractivity contribution in [3.8, 4) is 0 Å². The number of rotatable bonds is 3. The molecule has 1 atom stereocenters. The van der Waals surface area contributed by atoms with Crippen molar-refractivity contribution in [1.29, 1.82) is 0 Å². The molecule has 6 heteroatoms. The molecule has 1 aromatic carbocycles. The summed E-state index contributed by atoms with van der Waals surface area (Å²) in [7, 11) is 0. The maximum absolute atomic E-state index is 12.5. The number of aromatic amines is 2. The van der Waals surface area contributed by atoms with Crippen molar-refractivity contribution in [2.75, 3.05) is 18.4 Å². The van der Waals surface area contributed by atoms with Crippen molar-refractivity contribution >= 4 is 22.6 Å². The summed E-state index contributed by atoms with van der Waals surface area (Å²) in [4.78, 5) is 30.5. The molecule has 118 valence electrons. The molecule has 1 aromatic heterocycles. The SMILES string of the molecule is C[C@H](C(=O)Nc1ccc2[nH]c(=O)[nH]c2c1)[NH+]1CCCCCC1. The Morgan fingerprint density at radius 1 is 1.14 bits per heavy atom. The van der Waals surface area contributed by atoms with Gasteiger partial charge in [0.1, 0.15) is 0 Å². The molecule has 1 amide bonds. The van der Waals surface area contributed by atoms with E-state index in [0.717, 1.165) is 18.6 Å². The van der Waals surface area contributed by atoms with Gasteiger partial charge in [0, 0.05) is 5.69 Å². The van der Waals surface area contributed by atoms with E-state index < -0.39 is 0 Å². The Morgan fingerprint density at radius 3 is 2.55 bits per heavy atom. The molecule has 6 nitrogen and oxygen atoms in total. The molecule has 0 saturated carbocycles.